The van der Waals surface area contributed by atoms with Crippen molar-refractivity contribution in [3.8, 4) is 12.0 Å². The molecule has 3 aromatic rings. The number of carbonyl (C=O) groups excluding carboxylic acids is 1. The van der Waals surface area contributed by atoms with Gasteiger partial charge in [-0.2, -0.15) is 10.4 Å². The second-order valence-corrected chi connectivity index (χ2v) is 4.89. The summed E-state index contributed by atoms with van der Waals surface area (Å²) < 4.78 is 1.45. The molecule has 7 nitrogen and oxygen atoms in total. The third-order valence-electron chi connectivity index (χ3n) is 2.95. The summed E-state index contributed by atoms with van der Waals surface area (Å²) in [6.07, 6.45) is 6.28. The minimum Gasteiger partial charge on any atom is -0.319 e. The SMILES string of the molecule is N#Cc1ccc(C(=O)Nc2cnn(-c3ncccn3)c2)cc1Cl. The summed E-state index contributed by atoms with van der Waals surface area (Å²) in [7, 11) is 0. The molecule has 1 N–H and O–H groups in total. The average Bonchev–Trinajstić information content (AvgIpc) is 3.04. The maximum absolute atomic E-state index is 12.2. The van der Waals surface area contributed by atoms with E-state index in [1.807, 2.05) is 6.07 Å². The molecule has 0 aliphatic carbocycles. The highest BCUT2D eigenvalue weighted by atomic mass is 35.5. The van der Waals surface area contributed by atoms with Gasteiger partial charge in [0.05, 0.1) is 28.7 Å². The summed E-state index contributed by atoms with van der Waals surface area (Å²) in [6.45, 7) is 0. The number of benzene rings is 1. The van der Waals surface area contributed by atoms with E-state index in [-0.39, 0.29) is 10.9 Å². The average molecular weight is 325 g/mol. The number of hydrogen-bond donors (Lipinski definition) is 1. The van der Waals surface area contributed by atoms with E-state index in [0.717, 1.165) is 0 Å². The van der Waals surface area contributed by atoms with Crippen molar-refractivity contribution in [3.63, 3.8) is 0 Å². The Morgan fingerprint density at radius 2 is 2.09 bits per heavy atom. The van der Waals surface area contributed by atoms with Crippen LogP contribution in [0.1, 0.15) is 15.9 Å². The fourth-order valence-electron chi connectivity index (χ4n) is 1.86. The van der Waals surface area contributed by atoms with Gasteiger partial charge < -0.3 is 5.32 Å². The molecule has 1 aromatic carbocycles. The van der Waals surface area contributed by atoms with Crippen LogP contribution in [0, 0.1) is 11.3 Å². The zero-order valence-electron chi connectivity index (χ0n) is 11.6. The molecule has 8 heteroatoms. The molecule has 23 heavy (non-hydrogen) atoms. The number of anilines is 1. The van der Waals surface area contributed by atoms with E-state index >= 15 is 0 Å². The van der Waals surface area contributed by atoms with Crippen LogP contribution in [0.3, 0.4) is 0 Å². The van der Waals surface area contributed by atoms with Gasteiger partial charge in [0.25, 0.3) is 5.91 Å². The van der Waals surface area contributed by atoms with Gasteiger partial charge in [0.2, 0.25) is 5.95 Å². The second-order valence-electron chi connectivity index (χ2n) is 4.48. The van der Waals surface area contributed by atoms with Crippen molar-refractivity contribution in [2.75, 3.05) is 5.32 Å². The van der Waals surface area contributed by atoms with E-state index in [2.05, 4.69) is 20.4 Å². The fourth-order valence-corrected chi connectivity index (χ4v) is 2.08. The van der Waals surface area contributed by atoms with Crippen molar-refractivity contribution in [1.29, 1.82) is 5.26 Å². The summed E-state index contributed by atoms with van der Waals surface area (Å²) in [5, 5.41) is 15.8. The molecule has 112 valence electrons. The number of aromatic nitrogens is 4. The van der Waals surface area contributed by atoms with Crippen molar-refractivity contribution in [2.45, 2.75) is 0 Å². The molecular formula is C15H9ClN6O. The molecule has 0 radical (unpaired) electrons. The summed E-state index contributed by atoms with van der Waals surface area (Å²) in [4.78, 5) is 20.3. The first kappa shape index (κ1) is 14.7. The Hall–Kier alpha value is -3.24. The highest BCUT2D eigenvalue weighted by Crippen LogP contribution is 2.18. The lowest BCUT2D eigenvalue weighted by Crippen LogP contribution is -2.11. The van der Waals surface area contributed by atoms with Gasteiger partial charge in [-0.1, -0.05) is 11.6 Å². The van der Waals surface area contributed by atoms with Crippen LogP contribution in [0.25, 0.3) is 5.95 Å². The largest absolute Gasteiger partial charge is 0.319 e. The molecular weight excluding hydrogens is 316 g/mol. The number of carbonyl (C=O) groups is 1. The Morgan fingerprint density at radius 3 is 2.78 bits per heavy atom. The molecule has 0 fully saturated rings. The first-order valence-corrected chi connectivity index (χ1v) is 6.88. The van der Waals surface area contributed by atoms with Gasteiger partial charge in [-0.05, 0) is 24.3 Å². The minimum absolute atomic E-state index is 0.230. The zero-order chi connectivity index (χ0) is 16.2. The minimum atomic E-state index is -0.357. The van der Waals surface area contributed by atoms with Gasteiger partial charge in [-0.25, -0.2) is 14.6 Å². The van der Waals surface area contributed by atoms with Gasteiger partial charge in [0, 0.05) is 18.0 Å². The van der Waals surface area contributed by atoms with Crippen LogP contribution in [-0.4, -0.2) is 25.7 Å². The van der Waals surface area contributed by atoms with Gasteiger partial charge in [-0.3, -0.25) is 4.79 Å². The number of nitrogens with zero attached hydrogens (tertiary/aromatic N) is 5. The van der Waals surface area contributed by atoms with Crippen LogP contribution < -0.4 is 5.32 Å². The van der Waals surface area contributed by atoms with E-state index in [9.17, 15) is 4.79 Å². The second kappa shape index (κ2) is 6.25. The van der Waals surface area contributed by atoms with E-state index in [1.54, 1.807) is 24.7 Å². The number of amides is 1. The van der Waals surface area contributed by atoms with Crippen LogP contribution in [0.2, 0.25) is 5.02 Å². The standard InChI is InChI=1S/C15H9ClN6O/c16-13-6-10(2-3-11(13)7-17)14(23)21-12-8-20-22(9-12)15-18-4-1-5-19-15/h1-6,8-9H,(H,21,23). The zero-order valence-corrected chi connectivity index (χ0v) is 12.4. The first-order valence-electron chi connectivity index (χ1n) is 6.50. The number of nitrogens with one attached hydrogen (secondary N) is 1. The number of rotatable bonds is 3. The monoisotopic (exact) mass is 324 g/mol. The molecule has 0 aliphatic heterocycles. The summed E-state index contributed by atoms with van der Waals surface area (Å²) in [6, 6.07) is 8.12. The number of halogens is 1. The maximum Gasteiger partial charge on any atom is 0.255 e. The molecule has 0 atom stereocenters. The molecule has 0 aliphatic rings. The van der Waals surface area contributed by atoms with Crippen molar-refractivity contribution >= 4 is 23.2 Å². The molecule has 3 rings (SSSR count). The Morgan fingerprint density at radius 1 is 1.30 bits per heavy atom. The lowest BCUT2D eigenvalue weighted by atomic mass is 10.1. The van der Waals surface area contributed by atoms with Crippen LogP contribution in [0.15, 0.2) is 49.1 Å². The molecule has 0 saturated carbocycles. The predicted molar refractivity (Wildman–Crippen MR) is 83.3 cm³/mol. The number of hydrogen-bond acceptors (Lipinski definition) is 5. The molecule has 0 bridgehead atoms. The maximum atomic E-state index is 12.2. The summed E-state index contributed by atoms with van der Waals surface area (Å²) >= 11 is 5.93. The van der Waals surface area contributed by atoms with Crippen molar-refractivity contribution in [1.82, 2.24) is 19.7 Å². The molecule has 0 unspecified atom stereocenters. The highest BCUT2D eigenvalue weighted by molar-refractivity contribution is 6.32. The quantitative estimate of drug-likeness (QED) is 0.798. The van der Waals surface area contributed by atoms with Crippen LogP contribution in [0.5, 0.6) is 0 Å². The lowest BCUT2D eigenvalue weighted by molar-refractivity contribution is 0.102. The normalized spacial score (nSPS) is 10.1. The van der Waals surface area contributed by atoms with Crippen LogP contribution >= 0.6 is 11.6 Å². The molecule has 2 heterocycles. The fraction of sp³-hybridized carbons (Fsp3) is 0. The molecule has 0 spiro atoms. The van der Waals surface area contributed by atoms with Crippen molar-refractivity contribution in [3.05, 3.63) is 65.2 Å². The highest BCUT2D eigenvalue weighted by Gasteiger charge is 2.11. The van der Waals surface area contributed by atoms with E-state index < -0.39 is 0 Å². The van der Waals surface area contributed by atoms with Gasteiger partial charge in [0.1, 0.15) is 6.07 Å². The van der Waals surface area contributed by atoms with Gasteiger partial charge in [0.15, 0.2) is 0 Å². The third kappa shape index (κ3) is 3.17. The van der Waals surface area contributed by atoms with Crippen molar-refractivity contribution in [2.24, 2.45) is 0 Å². The molecule has 0 saturated heterocycles. The molecule has 1 amide bonds. The smallest absolute Gasteiger partial charge is 0.255 e. The Kier molecular flexibility index (Phi) is 3.99. The topological polar surface area (TPSA) is 96.5 Å². The van der Waals surface area contributed by atoms with Gasteiger partial charge in [-0.15, -0.1) is 0 Å². The molecule has 2 aromatic heterocycles. The Balaban J connectivity index is 1.78. The predicted octanol–water partition coefficient (Wildman–Crippen LogP) is 2.44. The summed E-state index contributed by atoms with van der Waals surface area (Å²) in [5.41, 5.74) is 1.15. The van der Waals surface area contributed by atoms with Gasteiger partial charge >= 0.3 is 0 Å². The lowest BCUT2D eigenvalue weighted by Gasteiger charge is -2.03. The van der Waals surface area contributed by atoms with Crippen LogP contribution in [0.4, 0.5) is 5.69 Å². The Labute approximate surface area is 136 Å². The van der Waals surface area contributed by atoms with Crippen LogP contribution in [-0.2, 0) is 0 Å². The number of nitriles is 1. The van der Waals surface area contributed by atoms with E-state index in [0.29, 0.717) is 22.8 Å². The van der Waals surface area contributed by atoms with E-state index in [4.69, 9.17) is 16.9 Å². The summed E-state index contributed by atoms with van der Waals surface area (Å²) in [5.74, 6) is 0.0411. The first-order chi connectivity index (χ1) is 11.2. The Bertz CT molecular complexity index is 900. The van der Waals surface area contributed by atoms with Crippen molar-refractivity contribution < 1.29 is 4.79 Å². The third-order valence-corrected chi connectivity index (χ3v) is 3.26. The van der Waals surface area contributed by atoms with E-state index in [1.165, 1.54) is 29.1 Å².